The Kier molecular flexibility index (Phi) is 9.21. The van der Waals surface area contributed by atoms with E-state index in [1.54, 1.807) is 25.2 Å². The lowest BCUT2D eigenvalue weighted by atomic mass is 9.99. The number of guanidine groups is 1. The number of ether oxygens (including phenoxy) is 2. The van der Waals surface area contributed by atoms with Crippen LogP contribution in [0.15, 0.2) is 29.3 Å². The van der Waals surface area contributed by atoms with E-state index >= 15 is 0 Å². The monoisotopic (exact) mass is 397 g/mol. The SMILES string of the molecule is CCSC1(CNC(=NC)NCC(CC)Oc2ccccc2F)CCOCC1. The van der Waals surface area contributed by atoms with Gasteiger partial charge in [-0.3, -0.25) is 4.99 Å². The smallest absolute Gasteiger partial charge is 0.191 e. The molecule has 1 aromatic carbocycles. The van der Waals surface area contributed by atoms with Crippen molar-refractivity contribution in [2.45, 2.75) is 44.0 Å². The zero-order chi connectivity index (χ0) is 19.5. The summed E-state index contributed by atoms with van der Waals surface area (Å²) >= 11 is 1.99. The summed E-state index contributed by atoms with van der Waals surface area (Å²) in [5.41, 5.74) is 0. The van der Waals surface area contributed by atoms with Crippen LogP contribution in [0, 0.1) is 5.82 Å². The highest BCUT2D eigenvalue weighted by Crippen LogP contribution is 2.34. The fraction of sp³-hybridized carbons (Fsp3) is 0.650. The lowest BCUT2D eigenvalue weighted by Crippen LogP contribution is -2.49. The Morgan fingerprint density at radius 2 is 2.04 bits per heavy atom. The van der Waals surface area contributed by atoms with Gasteiger partial charge in [-0.25, -0.2) is 4.39 Å². The predicted octanol–water partition coefficient (Wildman–Crippen LogP) is 3.45. The number of hydrogen-bond donors (Lipinski definition) is 2. The van der Waals surface area contributed by atoms with E-state index in [9.17, 15) is 4.39 Å². The maximum absolute atomic E-state index is 13.8. The first-order valence-electron chi connectivity index (χ1n) is 9.70. The van der Waals surface area contributed by atoms with E-state index in [0.29, 0.717) is 6.54 Å². The molecule has 1 aromatic rings. The van der Waals surface area contributed by atoms with Crippen LogP contribution in [-0.4, -0.2) is 55.9 Å². The Bertz CT molecular complexity index is 589. The van der Waals surface area contributed by atoms with Crippen molar-refractivity contribution in [1.82, 2.24) is 10.6 Å². The highest BCUT2D eigenvalue weighted by atomic mass is 32.2. The van der Waals surface area contributed by atoms with Gasteiger partial charge in [0.25, 0.3) is 0 Å². The number of halogens is 1. The molecule has 5 nitrogen and oxygen atoms in total. The van der Waals surface area contributed by atoms with Crippen LogP contribution in [0.25, 0.3) is 0 Å². The molecule has 0 aromatic heterocycles. The molecule has 1 aliphatic heterocycles. The number of para-hydroxylation sites is 1. The van der Waals surface area contributed by atoms with Gasteiger partial charge >= 0.3 is 0 Å². The second kappa shape index (κ2) is 11.4. The van der Waals surface area contributed by atoms with Gasteiger partial charge in [0.2, 0.25) is 0 Å². The Morgan fingerprint density at radius 3 is 2.67 bits per heavy atom. The number of rotatable bonds is 9. The van der Waals surface area contributed by atoms with Crippen molar-refractivity contribution in [1.29, 1.82) is 0 Å². The molecule has 1 atom stereocenters. The molecular weight excluding hydrogens is 365 g/mol. The normalized spacial score (nSPS) is 18.0. The molecule has 2 N–H and O–H groups in total. The highest BCUT2D eigenvalue weighted by molar-refractivity contribution is 8.00. The fourth-order valence-electron chi connectivity index (χ4n) is 3.09. The summed E-state index contributed by atoms with van der Waals surface area (Å²) in [6.45, 7) is 7.25. The molecule has 7 heteroatoms. The molecule has 1 saturated heterocycles. The van der Waals surface area contributed by atoms with Gasteiger partial charge in [0.15, 0.2) is 17.5 Å². The largest absolute Gasteiger partial charge is 0.486 e. The molecule has 1 unspecified atom stereocenters. The number of hydrogen-bond acceptors (Lipinski definition) is 4. The molecule has 1 aliphatic rings. The molecule has 0 aliphatic carbocycles. The third-order valence-corrected chi connectivity index (χ3v) is 6.19. The van der Waals surface area contributed by atoms with E-state index in [4.69, 9.17) is 9.47 Å². The lowest BCUT2D eigenvalue weighted by Gasteiger charge is -2.37. The summed E-state index contributed by atoms with van der Waals surface area (Å²) in [5, 5.41) is 6.76. The topological polar surface area (TPSA) is 54.9 Å². The first-order valence-corrected chi connectivity index (χ1v) is 10.7. The molecule has 1 fully saturated rings. The second-order valence-corrected chi connectivity index (χ2v) is 8.35. The van der Waals surface area contributed by atoms with Crippen LogP contribution in [0.1, 0.15) is 33.1 Å². The molecule has 27 heavy (non-hydrogen) atoms. The van der Waals surface area contributed by atoms with Crippen LogP contribution in [-0.2, 0) is 4.74 Å². The van der Waals surface area contributed by atoms with Crippen LogP contribution in [0.5, 0.6) is 5.75 Å². The molecule has 0 bridgehead atoms. The van der Waals surface area contributed by atoms with Crippen LogP contribution >= 0.6 is 11.8 Å². The molecule has 2 rings (SSSR count). The average Bonchev–Trinajstić information content (AvgIpc) is 2.69. The van der Waals surface area contributed by atoms with Crippen molar-refractivity contribution in [3.05, 3.63) is 30.1 Å². The van der Waals surface area contributed by atoms with Gasteiger partial charge in [-0.05, 0) is 37.1 Å². The standard InChI is InChI=1S/C20H32FN3O2S/c1-4-16(26-18-9-7-6-8-17(18)21)14-23-19(22-3)24-15-20(27-5-2)10-12-25-13-11-20/h6-9,16H,4-5,10-15H2,1-3H3,(H2,22,23,24). The quantitative estimate of drug-likeness (QED) is 0.494. The van der Waals surface area contributed by atoms with Gasteiger partial charge in [-0.15, -0.1) is 0 Å². The molecule has 0 radical (unpaired) electrons. The minimum absolute atomic E-state index is 0.137. The summed E-state index contributed by atoms with van der Waals surface area (Å²) in [6, 6.07) is 6.50. The zero-order valence-electron chi connectivity index (χ0n) is 16.6. The highest BCUT2D eigenvalue weighted by Gasteiger charge is 2.32. The summed E-state index contributed by atoms with van der Waals surface area (Å²) in [7, 11) is 1.76. The third kappa shape index (κ3) is 6.88. The van der Waals surface area contributed by atoms with Crippen molar-refractivity contribution in [2.24, 2.45) is 4.99 Å². The number of thioether (sulfide) groups is 1. The Hall–Kier alpha value is -1.47. The maximum atomic E-state index is 13.8. The maximum Gasteiger partial charge on any atom is 0.191 e. The number of benzene rings is 1. The van der Waals surface area contributed by atoms with Gasteiger partial charge in [0, 0.05) is 31.6 Å². The van der Waals surface area contributed by atoms with Crippen molar-refractivity contribution in [3.63, 3.8) is 0 Å². The van der Waals surface area contributed by atoms with Gasteiger partial charge in [0.05, 0.1) is 6.54 Å². The van der Waals surface area contributed by atoms with E-state index in [2.05, 4.69) is 22.5 Å². The van der Waals surface area contributed by atoms with Gasteiger partial charge < -0.3 is 20.1 Å². The summed E-state index contributed by atoms with van der Waals surface area (Å²) < 4.78 is 25.3. The molecule has 0 spiro atoms. The Morgan fingerprint density at radius 1 is 1.30 bits per heavy atom. The van der Waals surface area contributed by atoms with Crippen molar-refractivity contribution < 1.29 is 13.9 Å². The minimum Gasteiger partial charge on any atom is -0.486 e. The van der Waals surface area contributed by atoms with Gasteiger partial charge in [-0.1, -0.05) is 26.0 Å². The molecule has 1 heterocycles. The number of nitrogens with one attached hydrogen (secondary N) is 2. The lowest BCUT2D eigenvalue weighted by molar-refractivity contribution is 0.0782. The number of nitrogens with zero attached hydrogens (tertiary/aromatic N) is 1. The van der Waals surface area contributed by atoms with E-state index in [0.717, 1.165) is 50.7 Å². The predicted molar refractivity (Wildman–Crippen MR) is 111 cm³/mol. The zero-order valence-corrected chi connectivity index (χ0v) is 17.4. The Balaban J connectivity index is 1.85. The molecule has 0 saturated carbocycles. The van der Waals surface area contributed by atoms with Crippen molar-refractivity contribution in [2.75, 3.05) is 39.1 Å². The van der Waals surface area contributed by atoms with E-state index in [-0.39, 0.29) is 22.4 Å². The van der Waals surface area contributed by atoms with Crippen molar-refractivity contribution >= 4 is 17.7 Å². The van der Waals surface area contributed by atoms with E-state index in [1.165, 1.54) is 6.07 Å². The first-order chi connectivity index (χ1) is 13.1. The van der Waals surface area contributed by atoms with Crippen LogP contribution in [0.3, 0.4) is 0 Å². The van der Waals surface area contributed by atoms with E-state index in [1.807, 2.05) is 18.7 Å². The molecule has 0 amide bonds. The summed E-state index contributed by atoms with van der Waals surface area (Å²) in [5.74, 6) is 1.78. The second-order valence-electron chi connectivity index (χ2n) is 6.61. The number of aliphatic imine (C=N–C) groups is 1. The van der Waals surface area contributed by atoms with Crippen molar-refractivity contribution in [3.8, 4) is 5.75 Å². The van der Waals surface area contributed by atoms with Crippen LogP contribution in [0.2, 0.25) is 0 Å². The molecular formula is C20H32FN3O2S. The van der Waals surface area contributed by atoms with Gasteiger partial charge in [0.1, 0.15) is 6.10 Å². The fourth-order valence-corrected chi connectivity index (χ4v) is 4.33. The third-order valence-electron chi connectivity index (χ3n) is 4.74. The summed E-state index contributed by atoms with van der Waals surface area (Å²) in [4.78, 5) is 4.32. The first kappa shape index (κ1) is 21.8. The summed E-state index contributed by atoms with van der Waals surface area (Å²) in [6.07, 6.45) is 2.72. The molecule has 152 valence electrons. The Labute approximate surface area is 166 Å². The van der Waals surface area contributed by atoms with Gasteiger partial charge in [-0.2, -0.15) is 11.8 Å². The average molecular weight is 398 g/mol. The van der Waals surface area contributed by atoms with E-state index < -0.39 is 0 Å². The van der Waals surface area contributed by atoms with Crippen LogP contribution < -0.4 is 15.4 Å². The van der Waals surface area contributed by atoms with Crippen LogP contribution in [0.4, 0.5) is 4.39 Å². The minimum atomic E-state index is -0.337.